The Bertz CT molecular complexity index is 473. The maximum absolute atomic E-state index is 12.8. The number of carboxylic acid groups (broad SMARTS) is 1. The second kappa shape index (κ2) is 4.73. The number of likely N-dealkylation sites (tertiary alicyclic amines) is 1. The van der Waals surface area contributed by atoms with Gasteiger partial charge in [0.1, 0.15) is 5.82 Å². The molecule has 0 aliphatic carbocycles. The summed E-state index contributed by atoms with van der Waals surface area (Å²) >= 11 is 0. The van der Waals surface area contributed by atoms with Crippen molar-refractivity contribution in [3.63, 3.8) is 0 Å². The minimum Gasteiger partial charge on any atom is -0.479 e. The van der Waals surface area contributed by atoms with E-state index in [1.807, 2.05) is 0 Å². The predicted octanol–water partition coefficient (Wildman–Crippen LogP) is 0.545. The van der Waals surface area contributed by atoms with Crippen molar-refractivity contribution in [1.82, 2.24) is 4.90 Å². The van der Waals surface area contributed by atoms with Crippen LogP contribution in [-0.4, -0.2) is 39.6 Å². The Balaban J connectivity index is 2.32. The highest BCUT2D eigenvalue weighted by atomic mass is 19.1. The zero-order valence-corrected chi connectivity index (χ0v) is 9.41. The molecule has 2 N–H and O–H groups in total. The topological polar surface area (TPSA) is 77.8 Å². The van der Waals surface area contributed by atoms with E-state index in [0.717, 1.165) is 17.0 Å². The molecule has 5 nitrogen and oxygen atoms in total. The predicted molar refractivity (Wildman–Crippen MR) is 59.1 cm³/mol. The van der Waals surface area contributed by atoms with Crippen molar-refractivity contribution in [3.05, 3.63) is 35.6 Å². The molecule has 0 aromatic heterocycles. The Kier molecular flexibility index (Phi) is 3.29. The van der Waals surface area contributed by atoms with E-state index in [-0.39, 0.29) is 13.0 Å². The third-order valence-corrected chi connectivity index (χ3v) is 2.87. The summed E-state index contributed by atoms with van der Waals surface area (Å²) in [6.45, 7) is -0.0207. The van der Waals surface area contributed by atoms with Crippen molar-refractivity contribution in [2.24, 2.45) is 0 Å². The molecular weight excluding hydrogens is 241 g/mol. The molecule has 1 aliphatic heterocycles. The maximum atomic E-state index is 12.8. The van der Waals surface area contributed by atoms with Crippen LogP contribution in [0.2, 0.25) is 0 Å². The molecule has 1 amide bonds. The molecule has 0 bridgehead atoms. The Labute approximate surface area is 102 Å². The molecule has 0 saturated carbocycles. The van der Waals surface area contributed by atoms with E-state index in [1.165, 1.54) is 12.1 Å². The van der Waals surface area contributed by atoms with E-state index < -0.39 is 29.8 Å². The number of carbonyl (C=O) groups is 2. The van der Waals surface area contributed by atoms with Crippen LogP contribution in [0, 0.1) is 5.82 Å². The fourth-order valence-corrected chi connectivity index (χ4v) is 2.06. The molecule has 2 rings (SSSR count). The van der Waals surface area contributed by atoms with Gasteiger partial charge in [0.25, 0.3) is 0 Å². The molecule has 0 radical (unpaired) electrons. The quantitative estimate of drug-likeness (QED) is 0.824. The molecule has 1 saturated heterocycles. The molecular formula is C12H12FNO4. The van der Waals surface area contributed by atoms with E-state index in [1.54, 1.807) is 0 Å². The van der Waals surface area contributed by atoms with Gasteiger partial charge in [0, 0.05) is 6.54 Å². The van der Waals surface area contributed by atoms with Gasteiger partial charge < -0.3 is 15.1 Å². The number of hydrogen-bond acceptors (Lipinski definition) is 3. The Morgan fingerprint density at radius 3 is 2.44 bits per heavy atom. The lowest BCUT2D eigenvalue weighted by Crippen LogP contribution is -2.35. The van der Waals surface area contributed by atoms with Crippen LogP contribution < -0.4 is 0 Å². The summed E-state index contributed by atoms with van der Waals surface area (Å²) in [5, 5.41) is 18.6. The number of aliphatic carboxylic acids is 1. The van der Waals surface area contributed by atoms with E-state index in [0.29, 0.717) is 5.56 Å². The number of carbonyl (C=O) groups excluding carboxylic acids is 1. The molecule has 1 heterocycles. The Morgan fingerprint density at radius 1 is 1.39 bits per heavy atom. The molecule has 18 heavy (non-hydrogen) atoms. The van der Waals surface area contributed by atoms with Crippen molar-refractivity contribution in [3.8, 4) is 0 Å². The van der Waals surface area contributed by atoms with Crippen molar-refractivity contribution in [2.45, 2.75) is 18.6 Å². The average molecular weight is 253 g/mol. The molecule has 2 atom stereocenters. The highest BCUT2D eigenvalue weighted by Crippen LogP contribution is 2.26. The van der Waals surface area contributed by atoms with Gasteiger partial charge in [-0.15, -0.1) is 0 Å². The first-order chi connectivity index (χ1) is 8.49. The minimum absolute atomic E-state index is 0.0207. The first-order valence-corrected chi connectivity index (χ1v) is 5.45. The summed E-state index contributed by atoms with van der Waals surface area (Å²) in [6.07, 6.45) is -0.926. The largest absolute Gasteiger partial charge is 0.479 e. The number of amides is 1. The van der Waals surface area contributed by atoms with Crippen molar-refractivity contribution < 1.29 is 24.2 Å². The van der Waals surface area contributed by atoms with E-state index in [4.69, 9.17) is 0 Å². The van der Waals surface area contributed by atoms with Crippen LogP contribution >= 0.6 is 0 Å². The standard InChI is InChI=1S/C12H12FNO4/c13-8-3-1-7(2-4-8)11(12(17)18)14-6-9(15)5-10(14)16/h1-4,9,11,15H,5-6H2,(H,17,18)/t9?,11-/m0/s1. The van der Waals surface area contributed by atoms with Crippen LogP contribution in [0.5, 0.6) is 0 Å². The van der Waals surface area contributed by atoms with Gasteiger partial charge in [-0.3, -0.25) is 4.79 Å². The number of halogens is 1. The lowest BCUT2D eigenvalue weighted by Gasteiger charge is -2.24. The van der Waals surface area contributed by atoms with Gasteiger partial charge in [-0.25, -0.2) is 9.18 Å². The van der Waals surface area contributed by atoms with Crippen LogP contribution in [0.15, 0.2) is 24.3 Å². The van der Waals surface area contributed by atoms with Gasteiger partial charge in [0.2, 0.25) is 5.91 Å². The number of benzene rings is 1. The van der Waals surface area contributed by atoms with Crippen LogP contribution in [0.1, 0.15) is 18.0 Å². The molecule has 1 unspecified atom stereocenters. The number of nitrogens with zero attached hydrogens (tertiary/aromatic N) is 1. The summed E-state index contributed by atoms with van der Waals surface area (Å²) in [5.41, 5.74) is 0.311. The number of carboxylic acids is 1. The summed E-state index contributed by atoms with van der Waals surface area (Å²) in [6, 6.07) is 3.75. The summed E-state index contributed by atoms with van der Waals surface area (Å²) in [7, 11) is 0. The van der Waals surface area contributed by atoms with Gasteiger partial charge in [-0.2, -0.15) is 0 Å². The third-order valence-electron chi connectivity index (χ3n) is 2.87. The van der Waals surface area contributed by atoms with E-state index in [2.05, 4.69) is 0 Å². The molecule has 1 fully saturated rings. The van der Waals surface area contributed by atoms with E-state index in [9.17, 15) is 24.2 Å². The Morgan fingerprint density at radius 2 is 2.00 bits per heavy atom. The smallest absolute Gasteiger partial charge is 0.331 e. The molecule has 1 aromatic rings. The lowest BCUT2D eigenvalue weighted by atomic mass is 10.1. The second-order valence-corrected chi connectivity index (χ2v) is 4.20. The number of hydrogen-bond donors (Lipinski definition) is 2. The summed E-state index contributed by atoms with van der Waals surface area (Å²) < 4.78 is 12.8. The number of rotatable bonds is 3. The number of aliphatic hydroxyl groups is 1. The van der Waals surface area contributed by atoms with Crippen LogP contribution in [0.4, 0.5) is 4.39 Å². The van der Waals surface area contributed by atoms with Crippen molar-refractivity contribution in [2.75, 3.05) is 6.54 Å². The van der Waals surface area contributed by atoms with Gasteiger partial charge in [-0.05, 0) is 17.7 Å². The fraction of sp³-hybridized carbons (Fsp3) is 0.333. The zero-order chi connectivity index (χ0) is 13.3. The molecule has 6 heteroatoms. The van der Waals surface area contributed by atoms with Crippen LogP contribution in [-0.2, 0) is 9.59 Å². The lowest BCUT2D eigenvalue weighted by molar-refractivity contribution is -0.148. The minimum atomic E-state index is -1.20. The highest BCUT2D eigenvalue weighted by Gasteiger charge is 2.37. The first kappa shape index (κ1) is 12.5. The van der Waals surface area contributed by atoms with Crippen LogP contribution in [0.3, 0.4) is 0 Å². The van der Waals surface area contributed by atoms with Gasteiger partial charge in [0.15, 0.2) is 6.04 Å². The monoisotopic (exact) mass is 253 g/mol. The van der Waals surface area contributed by atoms with Crippen molar-refractivity contribution >= 4 is 11.9 Å². The first-order valence-electron chi connectivity index (χ1n) is 5.45. The summed E-state index contributed by atoms with van der Waals surface area (Å²) in [5.74, 6) is -2.10. The molecule has 0 spiro atoms. The Hall–Kier alpha value is -1.95. The fourth-order valence-electron chi connectivity index (χ4n) is 2.06. The molecule has 1 aromatic carbocycles. The maximum Gasteiger partial charge on any atom is 0.331 e. The SMILES string of the molecule is O=C(O)[C@H](c1ccc(F)cc1)N1CC(O)CC1=O. The van der Waals surface area contributed by atoms with Gasteiger partial charge in [0.05, 0.1) is 12.5 Å². The average Bonchev–Trinajstić information content (AvgIpc) is 2.61. The van der Waals surface area contributed by atoms with E-state index >= 15 is 0 Å². The van der Waals surface area contributed by atoms with Crippen LogP contribution in [0.25, 0.3) is 0 Å². The van der Waals surface area contributed by atoms with Gasteiger partial charge in [-0.1, -0.05) is 12.1 Å². The normalized spacial score (nSPS) is 21.1. The molecule has 96 valence electrons. The second-order valence-electron chi connectivity index (χ2n) is 4.20. The highest BCUT2D eigenvalue weighted by molar-refractivity contribution is 5.86. The number of aliphatic hydroxyl groups excluding tert-OH is 1. The number of β-amino-alcohol motifs (C(OH)–C–C–N with tert-alkyl or cyclic N) is 1. The zero-order valence-electron chi connectivity index (χ0n) is 9.41. The summed E-state index contributed by atoms with van der Waals surface area (Å²) in [4.78, 5) is 24.0. The van der Waals surface area contributed by atoms with Crippen molar-refractivity contribution in [1.29, 1.82) is 0 Å². The van der Waals surface area contributed by atoms with Gasteiger partial charge >= 0.3 is 5.97 Å². The molecule has 1 aliphatic rings. The third kappa shape index (κ3) is 2.33.